The zero-order valence-corrected chi connectivity index (χ0v) is 32.3. The predicted octanol–water partition coefficient (Wildman–Crippen LogP) is 7.27. The summed E-state index contributed by atoms with van der Waals surface area (Å²) >= 11 is 0. The van der Waals surface area contributed by atoms with Crippen LogP contribution in [0.2, 0.25) is 0 Å². The monoisotopic (exact) mass is 728 g/mol. The number of aryl methyl sites for hydroxylation is 2. The Morgan fingerprint density at radius 2 is 0.925 bits per heavy atom. The minimum absolute atomic E-state index is 0.265. The van der Waals surface area contributed by atoms with Crippen LogP contribution in [0.15, 0.2) is 78.9 Å². The third-order valence-corrected chi connectivity index (χ3v) is 8.99. The third-order valence-electron chi connectivity index (χ3n) is 8.99. The molecule has 4 aromatic carbocycles. The Morgan fingerprint density at radius 3 is 1.32 bits per heavy atom. The first-order valence-electron chi connectivity index (χ1n) is 17.5. The summed E-state index contributed by atoms with van der Waals surface area (Å²) in [5.41, 5.74) is 4.65. The van der Waals surface area contributed by atoms with Crippen LogP contribution in [0.25, 0.3) is 0 Å². The molecule has 4 rings (SSSR count). The maximum atomic E-state index is 13.6. The zero-order chi connectivity index (χ0) is 38.5. The van der Waals surface area contributed by atoms with Gasteiger partial charge in [0, 0.05) is 46.0 Å². The highest BCUT2D eigenvalue weighted by Gasteiger charge is 2.26. The third kappa shape index (κ3) is 11.0. The Bertz CT molecular complexity index is 1760. The Labute approximate surface area is 313 Å². The van der Waals surface area contributed by atoms with Crippen LogP contribution in [0.4, 0.5) is 11.4 Å². The van der Waals surface area contributed by atoms with Crippen molar-refractivity contribution >= 4 is 23.3 Å². The maximum absolute atomic E-state index is 13.6. The van der Waals surface area contributed by atoms with Crippen LogP contribution in [0.5, 0.6) is 28.7 Å². The van der Waals surface area contributed by atoms with E-state index in [-0.39, 0.29) is 6.42 Å². The van der Waals surface area contributed by atoms with Gasteiger partial charge in [-0.2, -0.15) is 0 Å². The van der Waals surface area contributed by atoms with Gasteiger partial charge in [-0.15, -0.1) is 0 Å². The van der Waals surface area contributed by atoms with Crippen molar-refractivity contribution in [3.05, 3.63) is 101 Å². The van der Waals surface area contributed by atoms with Crippen LogP contribution in [0.3, 0.4) is 0 Å². The molecule has 0 saturated heterocycles. The van der Waals surface area contributed by atoms with Crippen molar-refractivity contribution < 1.29 is 42.7 Å². The summed E-state index contributed by atoms with van der Waals surface area (Å²) in [5.74, 6) is 1.85. The van der Waals surface area contributed by atoms with Crippen LogP contribution in [-0.4, -0.2) is 87.9 Å². The van der Waals surface area contributed by atoms with E-state index >= 15 is 0 Å². The molecular formula is C42H52N2O9. The molecule has 0 radical (unpaired) electrons. The number of hydrogen-bond acceptors (Lipinski definition) is 11. The first kappa shape index (κ1) is 40.2. The second-order valence-corrected chi connectivity index (χ2v) is 13.0. The minimum Gasteiger partial charge on any atom is -0.493 e. The Morgan fingerprint density at radius 1 is 0.509 bits per heavy atom. The van der Waals surface area contributed by atoms with Gasteiger partial charge in [-0.05, 0) is 110 Å². The van der Waals surface area contributed by atoms with Crippen LogP contribution < -0.4 is 33.5 Å². The number of nitrogens with zero attached hydrogens (tertiary/aromatic N) is 2. The molecule has 0 N–H and O–H groups in total. The van der Waals surface area contributed by atoms with Crippen molar-refractivity contribution in [1.29, 1.82) is 0 Å². The van der Waals surface area contributed by atoms with E-state index in [0.29, 0.717) is 65.6 Å². The number of carbonyl (C=O) groups is 2. The van der Waals surface area contributed by atoms with Gasteiger partial charge < -0.3 is 43.0 Å². The smallest absolute Gasteiger partial charge is 0.338 e. The predicted molar refractivity (Wildman–Crippen MR) is 207 cm³/mol. The maximum Gasteiger partial charge on any atom is 0.338 e. The van der Waals surface area contributed by atoms with E-state index in [2.05, 4.69) is 0 Å². The Balaban J connectivity index is 1.64. The van der Waals surface area contributed by atoms with Gasteiger partial charge in [0.15, 0.2) is 23.0 Å². The molecule has 0 aliphatic heterocycles. The van der Waals surface area contributed by atoms with Crippen LogP contribution in [0.1, 0.15) is 51.1 Å². The summed E-state index contributed by atoms with van der Waals surface area (Å²) in [7, 11) is 15.6. The molecule has 53 heavy (non-hydrogen) atoms. The largest absolute Gasteiger partial charge is 0.493 e. The van der Waals surface area contributed by atoms with Crippen molar-refractivity contribution in [1.82, 2.24) is 0 Å². The SMILES string of the molecule is COc1ccc(CC[C@@H](C[C@H](CCc2cc(OC)c(OC)c(OC)c2)OC(=O)c2ccc(N(C)C)cc2)OC(=O)c2ccc(N(C)C)cc2)cc1OC. The first-order chi connectivity index (χ1) is 25.5. The highest BCUT2D eigenvalue weighted by atomic mass is 16.6. The molecule has 0 saturated carbocycles. The molecule has 11 heteroatoms. The number of rotatable bonds is 19. The van der Waals surface area contributed by atoms with E-state index in [1.165, 1.54) is 0 Å². The van der Waals surface area contributed by atoms with Gasteiger partial charge in [-0.25, -0.2) is 9.59 Å². The Hall–Kier alpha value is -5.58. The van der Waals surface area contributed by atoms with E-state index in [4.69, 9.17) is 33.2 Å². The minimum atomic E-state index is -0.616. The summed E-state index contributed by atoms with van der Waals surface area (Å²) in [6, 6.07) is 24.0. The number of benzene rings is 4. The quantitative estimate of drug-likeness (QED) is 0.0911. The average Bonchev–Trinajstić information content (AvgIpc) is 3.18. The van der Waals surface area contributed by atoms with E-state index in [1.807, 2.05) is 92.6 Å². The van der Waals surface area contributed by atoms with Gasteiger partial charge in [-0.1, -0.05) is 6.07 Å². The summed E-state index contributed by atoms with van der Waals surface area (Å²) in [6.07, 6.45) is 1.02. The highest BCUT2D eigenvalue weighted by Crippen LogP contribution is 2.39. The van der Waals surface area contributed by atoms with Crippen molar-refractivity contribution in [3.63, 3.8) is 0 Å². The Kier molecular flexibility index (Phi) is 14.6. The summed E-state index contributed by atoms with van der Waals surface area (Å²) in [6.45, 7) is 0. The number of ether oxygens (including phenoxy) is 7. The normalized spacial score (nSPS) is 11.9. The molecule has 0 bridgehead atoms. The van der Waals surface area contributed by atoms with E-state index in [1.54, 1.807) is 59.8 Å². The lowest BCUT2D eigenvalue weighted by Gasteiger charge is -2.25. The topological polar surface area (TPSA) is 105 Å². The first-order valence-corrected chi connectivity index (χ1v) is 17.5. The zero-order valence-electron chi connectivity index (χ0n) is 32.3. The van der Waals surface area contributed by atoms with Crippen LogP contribution in [0, 0.1) is 0 Å². The molecule has 0 aromatic heterocycles. The summed E-state index contributed by atoms with van der Waals surface area (Å²) in [4.78, 5) is 31.1. The standard InChI is InChI=1S/C42H52N2O9/c1-43(2)32-17-13-30(14-18-32)41(45)52-34(21-10-28-12-23-36(47-5)37(24-28)48-6)27-35(53-42(46)31-15-19-33(20-16-31)44(3)4)22-11-29-25-38(49-7)40(51-9)39(26-29)50-8/h12-20,23-26,34-35H,10-11,21-22,27H2,1-9H3/t34-,35-/m0/s1. The highest BCUT2D eigenvalue weighted by molar-refractivity contribution is 5.90. The van der Waals surface area contributed by atoms with Crippen molar-refractivity contribution in [2.45, 2.75) is 44.3 Å². The molecule has 0 unspecified atom stereocenters. The molecule has 0 fully saturated rings. The molecule has 0 amide bonds. The van der Waals surface area contributed by atoms with Gasteiger partial charge >= 0.3 is 11.9 Å². The average molecular weight is 729 g/mol. The molecule has 11 nitrogen and oxygen atoms in total. The fourth-order valence-corrected chi connectivity index (χ4v) is 5.94. The fourth-order valence-electron chi connectivity index (χ4n) is 5.94. The lowest BCUT2D eigenvalue weighted by Crippen LogP contribution is -2.28. The van der Waals surface area contributed by atoms with E-state index < -0.39 is 24.1 Å². The second-order valence-electron chi connectivity index (χ2n) is 13.0. The van der Waals surface area contributed by atoms with Crippen molar-refractivity contribution in [2.75, 3.05) is 73.5 Å². The van der Waals surface area contributed by atoms with Crippen molar-refractivity contribution in [2.24, 2.45) is 0 Å². The van der Waals surface area contributed by atoms with Gasteiger partial charge in [0.05, 0.1) is 46.7 Å². The molecule has 0 aliphatic carbocycles. The second kappa shape index (κ2) is 19.3. The van der Waals surface area contributed by atoms with E-state index in [9.17, 15) is 9.59 Å². The molecule has 0 heterocycles. The molecule has 284 valence electrons. The van der Waals surface area contributed by atoms with Gasteiger partial charge in [0.1, 0.15) is 12.2 Å². The summed E-state index contributed by atoms with van der Waals surface area (Å²) < 4.78 is 40.1. The number of anilines is 2. The molecule has 4 aromatic rings. The lowest BCUT2D eigenvalue weighted by atomic mass is 9.98. The van der Waals surface area contributed by atoms with E-state index in [0.717, 1.165) is 22.5 Å². The van der Waals surface area contributed by atoms with Crippen molar-refractivity contribution in [3.8, 4) is 28.7 Å². The summed E-state index contributed by atoms with van der Waals surface area (Å²) in [5, 5.41) is 0. The van der Waals surface area contributed by atoms with Crippen LogP contribution in [-0.2, 0) is 22.3 Å². The fraction of sp³-hybridized carbons (Fsp3) is 0.381. The van der Waals surface area contributed by atoms with Crippen LogP contribution >= 0.6 is 0 Å². The molecule has 2 atom stereocenters. The van der Waals surface area contributed by atoms with Gasteiger partial charge in [-0.3, -0.25) is 0 Å². The number of methoxy groups -OCH3 is 5. The molecular weight excluding hydrogens is 676 g/mol. The number of esters is 2. The van der Waals surface area contributed by atoms with Gasteiger partial charge in [0.2, 0.25) is 5.75 Å². The lowest BCUT2D eigenvalue weighted by molar-refractivity contribution is -0.00380. The van der Waals surface area contributed by atoms with Gasteiger partial charge in [0.25, 0.3) is 0 Å². The molecule has 0 spiro atoms. The molecule has 0 aliphatic rings. The number of carbonyl (C=O) groups excluding carboxylic acids is 2. The number of hydrogen-bond donors (Lipinski definition) is 0.